The summed E-state index contributed by atoms with van der Waals surface area (Å²) >= 11 is 0. The molecule has 0 fully saturated rings. The number of phosphoric ester groups is 1. The Kier molecular flexibility index (Phi) is 29.8. The molecule has 0 bridgehead atoms. The lowest BCUT2D eigenvalue weighted by molar-refractivity contribution is -0.870. The van der Waals surface area contributed by atoms with Crippen LogP contribution in [0.3, 0.4) is 0 Å². The normalized spacial score (nSPS) is 14.8. The topological polar surface area (TPSA) is 105 Å². The maximum atomic E-state index is 12.7. The van der Waals surface area contributed by atoms with Crippen LogP contribution in [-0.2, 0) is 18.4 Å². The summed E-state index contributed by atoms with van der Waals surface area (Å²) in [6.45, 7) is 4.81. The summed E-state index contributed by atoms with van der Waals surface area (Å²) in [4.78, 5) is 22.9. The van der Waals surface area contributed by atoms with Gasteiger partial charge in [0, 0.05) is 6.42 Å². The van der Waals surface area contributed by atoms with Crippen LogP contribution in [0, 0.1) is 0 Å². The highest BCUT2D eigenvalue weighted by molar-refractivity contribution is 7.47. The fraction of sp³-hybridized carbons (Fsp3) is 0.919. The van der Waals surface area contributed by atoms with Crippen LogP contribution in [0.4, 0.5) is 0 Å². The van der Waals surface area contributed by atoms with Gasteiger partial charge in [0.25, 0.3) is 0 Å². The lowest BCUT2D eigenvalue weighted by Gasteiger charge is -2.26. The summed E-state index contributed by atoms with van der Waals surface area (Å²) < 4.78 is 23.4. The second kappa shape index (κ2) is 30.3. The lowest BCUT2D eigenvalue weighted by Crippen LogP contribution is -2.46. The predicted octanol–water partition coefficient (Wildman–Crippen LogP) is 9.63. The number of aliphatic hydroxyl groups is 1. The van der Waals surface area contributed by atoms with Gasteiger partial charge in [-0.2, -0.15) is 0 Å². The summed E-state index contributed by atoms with van der Waals surface area (Å²) in [5.74, 6) is -0.162. The summed E-state index contributed by atoms with van der Waals surface area (Å²) in [6.07, 6.45) is 31.1. The molecule has 0 saturated carbocycles. The smallest absolute Gasteiger partial charge is 0.391 e. The molecule has 0 rings (SSSR count). The molecular weight excluding hydrogens is 599 g/mol. The van der Waals surface area contributed by atoms with E-state index in [1.54, 1.807) is 0 Å². The SMILES string of the molecule is CCCCCCCCCCCCC/C=C/CCCC[C@H](O)[C@@H](COP(=O)(O)OCC[N+](C)(C)C)NC(=O)CCCCCCCCC. The molecule has 1 amide bonds. The van der Waals surface area contributed by atoms with Crippen LogP contribution in [0.25, 0.3) is 0 Å². The van der Waals surface area contributed by atoms with Gasteiger partial charge in [-0.1, -0.05) is 135 Å². The van der Waals surface area contributed by atoms with E-state index in [1.807, 2.05) is 21.1 Å². The first-order valence-corrected chi connectivity index (χ1v) is 20.5. The number of quaternary nitrogens is 1. The van der Waals surface area contributed by atoms with Gasteiger partial charge in [-0.25, -0.2) is 4.57 Å². The fourth-order valence-corrected chi connectivity index (χ4v) is 6.13. The number of hydrogen-bond acceptors (Lipinski definition) is 5. The Hall–Kier alpha value is -0.760. The maximum absolute atomic E-state index is 12.7. The Morgan fingerprint density at radius 1 is 0.717 bits per heavy atom. The van der Waals surface area contributed by atoms with E-state index in [0.717, 1.165) is 44.9 Å². The van der Waals surface area contributed by atoms with Crippen molar-refractivity contribution in [2.24, 2.45) is 0 Å². The first kappa shape index (κ1) is 45.2. The zero-order chi connectivity index (χ0) is 34.4. The molecule has 46 heavy (non-hydrogen) atoms. The molecule has 274 valence electrons. The van der Waals surface area contributed by atoms with Gasteiger partial charge in [0.15, 0.2) is 0 Å². The van der Waals surface area contributed by atoms with Crippen molar-refractivity contribution in [3.05, 3.63) is 12.2 Å². The standard InChI is InChI=1S/C37H75N2O6P/c1-6-8-10-12-14-15-16-17-18-19-20-21-22-23-25-26-28-30-36(40)35(34-45-46(42,43)44-33-32-39(3,4)5)38-37(41)31-29-27-24-13-11-9-7-2/h22-23,35-36,40H,6-21,24-34H2,1-5H3,(H-,38,41,42,43)/p+1/b23-22+/t35-,36+/m1/s1. The average molecular weight is 676 g/mol. The molecule has 0 aliphatic rings. The molecule has 0 heterocycles. The number of amides is 1. The number of hydrogen-bond donors (Lipinski definition) is 3. The molecular formula is C37H76N2O6P+. The van der Waals surface area contributed by atoms with Gasteiger partial charge in [-0.05, 0) is 38.5 Å². The third kappa shape index (κ3) is 31.8. The van der Waals surface area contributed by atoms with Crippen molar-refractivity contribution in [3.8, 4) is 0 Å². The molecule has 0 aliphatic heterocycles. The number of nitrogens with one attached hydrogen (secondary N) is 1. The van der Waals surface area contributed by atoms with Crippen LogP contribution in [0.15, 0.2) is 12.2 Å². The van der Waals surface area contributed by atoms with E-state index in [-0.39, 0.29) is 19.1 Å². The molecule has 0 aromatic carbocycles. The van der Waals surface area contributed by atoms with Gasteiger partial charge < -0.3 is 19.8 Å². The molecule has 0 aromatic heterocycles. The molecule has 0 radical (unpaired) electrons. The van der Waals surface area contributed by atoms with Crippen molar-refractivity contribution in [3.63, 3.8) is 0 Å². The first-order chi connectivity index (χ1) is 22.0. The van der Waals surface area contributed by atoms with E-state index in [1.165, 1.54) is 96.3 Å². The number of carbonyl (C=O) groups is 1. The van der Waals surface area contributed by atoms with Gasteiger partial charge in [0.2, 0.25) is 5.91 Å². The summed E-state index contributed by atoms with van der Waals surface area (Å²) in [6, 6.07) is -0.767. The van der Waals surface area contributed by atoms with Crippen molar-refractivity contribution >= 4 is 13.7 Å². The zero-order valence-electron chi connectivity index (χ0n) is 30.8. The number of allylic oxidation sites excluding steroid dienone is 2. The van der Waals surface area contributed by atoms with Gasteiger partial charge in [-0.15, -0.1) is 0 Å². The van der Waals surface area contributed by atoms with E-state index in [2.05, 4.69) is 31.3 Å². The largest absolute Gasteiger partial charge is 0.472 e. The summed E-state index contributed by atoms with van der Waals surface area (Å²) in [5.41, 5.74) is 0. The fourth-order valence-electron chi connectivity index (χ4n) is 5.39. The number of phosphoric acid groups is 1. The van der Waals surface area contributed by atoms with Gasteiger partial charge in [0.05, 0.1) is 39.9 Å². The van der Waals surface area contributed by atoms with Gasteiger partial charge in [-0.3, -0.25) is 13.8 Å². The Bertz CT molecular complexity index is 773. The second-order valence-corrected chi connectivity index (χ2v) is 15.8. The molecule has 3 atom stereocenters. The Labute approximate surface area is 284 Å². The third-order valence-corrected chi connectivity index (χ3v) is 9.50. The van der Waals surface area contributed by atoms with Crippen molar-refractivity contribution < 1.29 is 32.9 Å². The minimum atomic E-state index is -4.30. The summed E-state index contributed by atoms with van der Waals surface area (Å²) in [5, 5.41) is 13.8. The van der Waals surface area contributed by atoms with E-state index >= 15 is 0 Å². The highest BCUT2D eigenvalue weighted by atomic mass is 31.2. The molecule has 0 saturated heterocycles. The van der Waals surface area contributed by atoms with E-state index in [4.69, 9.17) is 9.05 Å². The van der Waals surface area contributed by atoms with E-state index < -0.39 is 20.0 Å². The second-order valence-electron chi connectivity index (χ2n) is 14.3. The van der Waals surface area contributed by atoms with Crippen LogP contribution >= 0.6 is 7.82 Å². The molecule has 0 spiro atoms. The highest BCUT2D eigenvalue weighted by Crippen LogP contribution is 2.43. The molecule has 8 nitrogen and oxygen atoms in total. The Morgan fingerprint density at radius 2 is 1.17 bits per heavy atom. The number of aliphatic hydroxyl groups excluding tert-OH is 1. The maximum Gasteiger partial charge on any atom is 0.472 e. The minimum Gasteiger partial charge on any atom is -0.391 e. The van der Waals surface area contributed by atoms with Gasteiger partial charge >= 0.3 is 7.82 Å². The number of unbranched alkanes of at least 4 members (excludes halogenated alkanes) is 19. The Morgan fingerprint density at radius 3 is 1.67 bits per heavy atom. The van der Waals surface area contributed by atoms with Crippen LogP contribution < -0.4 is 5.32 Å². The molecule has 0 aliphatic carbocycles. The highest BCUT2D eigenvalue weighted by Gasteiger charge is 2.28. The van der Waals surface area contributed by atoms with Crippen LogP contribution in [0.2, 0.25) is 0 Å². The number of carbonyl (C=O) groups excluding carboxylic acids is 1. The van der Waals surface area contributed by atoms with E-state index in [0.29, 0.717) is 23.9 Å². The van der Waals surface area contributed by atoms with Crippen LogP contribution in [-0.4, -0.2) is 73.4 Å². The summed E-state index contributed by atoms with van der Waals surface area (Å²) in [7, 11) is 1.60. The molecule has 3 N–H and O–H groups in total. The van der Waals surface area contributed by atoms with E-state index in [9.17, 15) is 19.4 Å². The minimum absolute atomic E-state index is 0.0713. The van der Waals surface area contributed by atoms with Crippen LogP contribution in [0.1, 0.15) is 168 Å². The molecule has 1 unspecified atom stereocenters. The number of likely N-dealkylation sites (N-methyl/N-ethyl adjacent to an activating group) is 1. The Balaban J connectivity index is 4.40. The molecule has 0 aromatic rings. The monoisotopic (exact) mass is 676 g/mol. The molecule has 9 heteroatoms. The van der Waals surface area contributed by atoms with Crippen molar-refractivity contribution in [2.75, 3.05) is 40.9 Å². The number of rotatable bonds is 34. The van der Waals surface area contributed by atoms with Crippen molar-refractivity contribution in [1.82, 2.24) is 5.32 Å². The zero-order valence-corrected chi connectivity index (χ0v) is 31.7. The number of nitrogens with zero attached hydrogens (tertiary/aromatic N) is 1. The average Bonchev–Trinajstić information content (AvgIpc) is 2.99. The quantitative estimate of drug-likeness (QED) is 0.0272. The first-order valence-electron chi connectivity index (χ1n) is 19.1. The third-order valence-electron chi connectivity index (χ3n) is 8.51. The van der Waals surface area contributed by atoms with Crippen molar-refractivity contribution in [1.29, 1.82) is 0 Å². The van der Waals surface area contributed by atoms with Crippen molar-refractivity contribution in [2.45, 2.75) is 180 Å². The van der Waals surface area contributed by atoms with Crippen LogP contribution in [0.5, 0.6) is 0 Å². The predicted molar refractivity (Wildman–Crippen MR) is 194 cm³/mol. The van der Waals surface area contributed by atoms with Gasteiger partial charge in [0.1, 0.15) is 13.2 Å². The lowest BCUT2D eigenvalue weighted by atomic mass is 10.0.